The smallest absolute Gasteiger partial charge is 0.319 e. The van der Waals surface area contributed by atoms with Crippen LogP contribution < -0.4 is 10.6 Å². The van der Waals surface area contributed by atoms with E-state index in [1.54, 1.807) is 0 Å². The number of carbonyl (C=O) groups is 1. The van der Waals surface area contributed by atoms with Crippen molar-refractivity contribution < 1.29 is 4.79 Å². The highest BCUT2D eigenvalue weighted by Crippen LogP contribution is 2.22. The molecule has 2 aromatic rings. The van der Waals surface area contributed by atoms with Gasteiger partial charge in [0.05, 0.1) is 0 Å². The Morgan fingerprint density at radius 3 is 2.36 bits per heavy atom. The molecule has 0 saturated heterocycles. The van der Waals surface area contributed by atoms with E-state index in [-0.39, 0.29) is 11.4 Å². The van der Waals surface area contributed by atoms with Gasteiger partial charge in [-0.05, 0) is 31.0 Å². The fourth-order valence-electron chi connectivity index (χ4n) is 2.41. The van der Waals surface area contributed by atoms with Crippen molar-refractivity contribution in [3.05, 3.63) is 65.2 Å². The molecule has 2 N–H and O–H groups in total. The van der Waals surface area contributed by atoms with Crippen LogP contribution in [0.25, 0.3) is 0 Å². The van der Waals surface area contributed by atoms with Crippen LogP contribution in [-0.4, -0.2) is 12.6 Å². The number of carbonyl (C=O) groups excluding carboxylic acids is 1. The summed E-state index contributed by atoms with van der Waals surface area (Å²) < 4.78 is 0. The Morgan fingerprint density at radius 2 is 1.73 bits per heavy atom. The van der Waals surface area contributed by atoms with Crippen molar-refractivity contribution in [2.45, 2.75) is 33.1 Å². The SMILES string of the molecule is Cc1ccc(NC(=O)NCC(C)(C)c2ccccc2)c(C)c1. The Hall–Kier alpha value is -2.29. The topological polar surface area (TPSA) is 41.1 Å². The first-order chi connectivity index (χ1) is 10.4. The number of aryl methyl sites for hydroxylation is 2. The summed E-state index contributed by atoms with van der Waals surface area (Å²) in [6.07, 6.45) is 0. The summed E-state index contributed by atoms with van der Waals surface area (Å²) in [5.41, 5.74) is 4.20. The maximum absolute atomic E-state index is 12.1. The molecule has 0 aliphatic rings. The second kappa shape index (κ2) is 6.65. The van der Waals surface area contributed by atoms with Gasteiger partial charge in [0.1, 0.15) is 0 Å². The van der Waals surface area contributed by atoms with Crippen molar-refractivity contribution in [3.63, 3.8) is 0 Å². The number of rotatable bonds is 4. The summed E-state index contributed by atoms with van der Waals surface area (Å²) in [5.74, 6) is 0. The third-order valence-corrected chi connectivity index (χ3v) is 3.88. The van der Waals surface area contributed by atoms with Gasteiger partial charge in [0, 0.05) is 17.6 Å². The molecule has 0 bridgehead atoms. The van der Waals surface area contributed by atoms with E-state index in [0.29, 0.717) is 6.54 Å². The molecular formula is C19H24N2O. The molecule has 0 radical (unpaired) electrons. The second-order valence-electron chi connectivity index (χ2n) is 6.38. The van der Waals surface area contributed by atoms with Crippen molar-refractivity contribution in [2.24, 2.45) is 0 Å². The summed E-state index contributed by atoms with van der Waals surface area (Å²) >= 11 is 0. The molecule has 0 heterocycles. The lowest BCUT2D eigenvalue weighted by Gasteiger charge is -2.25. The van der Waals surface area contributed by atoms with Gasteiger partial charge in [-0.25, -0.2) is 4.79 Å². The van der Waals surface area contributed by atoms with Gasteiger partial charge in [0.15, 0.2) is 0 Å². The van der Waals surface area contributed by atoms with E-state index < -0.39 is 0 Å². The van der Waals surface area contributed by atoms with Crippen LogP contribution in [0.2, 0.25) is 0 Å². The molecule has 2 aromatic carbocycles. The third-order valence-electron chi connectivity index (χ3n) is 3.88. The minimum atomic E-state index is -0.170. The molecular weight excluding hydrogens is 272 g/mol. The van der Waals surface area contributed by atoms with Crippen molar-refractivity contribution >= 4 is 11.7 Å². The van der Waals surface area contributed by atoms with Gasteiger partial charge in [-0.3, -0.25) is 0 Å². The molecule has 0 spiro atoms. The molecule has 0 atom stereocenters. The number of hydrogen-bond donors (Lipinski definition) is 2. The summed E-state index contributed by atoms with van der Waals surface area (Å²) in [6, 6.07) is 16.0. The second-order valence-corrected chi connectivity index (χ2v) is 6.38. The van der Waals surface area contributed by atoms with Crippen LogP contribution in [0, 0.1) is 13.8 Å². The molecule has 2 amide bonds. The molecule has 0 aliphatic carbocycles. The Morgan fingerprint density at radius 1 is 1.05 bits per heavy atom. The molecule has 116 valence electrons. The molecule has 0 fully saturated rings. The van der Waals surface area contributed by atoms with E-state index in [2.05, 4.69) is 42.7 Å². The lowest BCUT2D eigenvalue weighted by atomic mass is 9.85. The lowest BCUT2D eigenvalue weighted by molar-refractivity contribution is 0.249. The van der Waals surface area contributed by atoms with Gasteiger partial charge in [-0.15, -0.1) is 0 Å². The van der Waals surface area contributed by atoms with Crippen LogP contribution in [0.4, 0.5) is 10.5 Å². The largest absolute Gasteiger partial charge is 0.337 e. The molecule has 3 nitrogen and oxygen atoms in total. The van der Waals surface area contributed by atoms with Crippen molar-refractivity contribution in [1.82, 2.24) is 5.32 Å². The minimum Gasteiger partial charge on any atom is -0.337 e. The molecule has 0 aliphatic heterocycles. The molecule has 0 aromatic heterocycles. The van der Waals surface area contributed by atoms with E-state index in [9.17, 15) is 4.79 Å². The predicted octanol–water partition coefficient (Wildman–Crippen LogP) is 4.40. The zero-order valence-electron chi connectivity index (χ0n) is 13.7. The molecule has 22 heavy (non-hydrogen) atoms. The zero-order valence-corrected chi connectivity index (χ0v) is 13.7. The molecule has 0 saturated carbocycles. The van der Waals surface area contributed by atoms with E-state index in [0.717, 1.165) is 11.3 Å². The highest BCUT2D eigenvalue weighted by Gasteiger charge is 2.21. The Balaban J connectivity index is 1.95. The van der Waals surface area contributed by atoms with Crippen molar-refractivity contribution in [3.8, 4) is 0 Å². The average Bonchev–Trinajstić information content (AvgIpc) is 2.49. The number of amides is 2. The number of nitrogens with one attached hydrogen (secondary N) is 2. The van der Waals surface area contributed by atoms with Crippen LogP contribution >= 0.6 is 0 Å². The number of anilines is 1. The Labute approximate surface area is 132 Å². The molecule has 3 heteroatoms. The molecule has 0 unspecified atom stereocenters. The fourth-order valence-corrected chi connectivity index (χ4v) is 2.41. The summed E-state index contributed by atoms with van der Waals surface area (Å²) in [7, 11) is 0. The zero-order chi connectivity index (χ0) is 16.2. The van der Waals surface area contributed by atoms with Gasteiger partial charge < -0.3 is 10.6 Å². The lowest BCUT2D eigenvalue weighted by Crippen LogP contribution is -2.39. The first-order valence-electron chi connectivity index (χ1n) is 7.56. The first-order valence-corrected chi connectivity index (χ1v) is 7.56. The fraction of sp³-hybridized carbons (Fsp3) is 0.316. The van der Waals surface area contributed by atoms with Crippen LogP contribution in [0.15, 0.2) is 48.5 Å². The van der Waals surface area contributed by atoms with Crippen LogP contribution in [0.5, 0.6) is 0 Å². The monoisotopic (exact) mass is 296 g/mol. The van der Waals surface area contributed by atoms with Crippen molar-refractivity contribution in [2.75, 3.05) is 11.9 Å². The maximum atomic E-state index is 12.1. The highest BCUT2D eigenvalue weighted by atomic mass is 16.2. The average molecular weight is 296 g/mol. The third kappa shape index (κ3) is 4.10. The van der Waals surface area contributed by atoms with Crippen LogP contribution in [0.1, 0.15) is 30.5 Å². The van der Waals surface area contributed by atoms with Gasteiger partial charge in [0.25, 0.3) is 0 Å². The van der Waals surface area contributed by atoms with Crippen molar-refractivity contribution in [1.29, 1.82) is 0 Å². The normalized spacial score (nSPS) is 11.1. The van der Waals surface area contributed by atoms with Gasteiger partial charge in [-0.2, -0.15) is 0 Å². The van der Waals surface area contributed by atoms with Crippen LogP contribution in [0.3, 0.4) is 0 Å². The van der Waals surface area contributed by atoms with E-state index in [4.69, 9.17) is 0 Å². The Kier molecular flexibility index (Phi) is 4.86. The van der Waals surface area contributed by atoms with E-state index in [1.165, 1.54) is 11.1 Å². The first kappa shape index (κ1) is 16.1. The summed E-state index contributed by atoms with van der Waals surface area (Å²) in [5, 5.41) is 5.87. The van der Waals surface area contributed by atoms with Crippen LogP contribution in [-0.2, 0) is 5.41 Å². The minimum absolute atomic E-state index is 0.110. The summed E-state index contributed by atoms with van der Waals surface area (Å²) in [4.78, 5) is 12.1. The van der Waals surface area contributed by atoms with E-state index >= 15 is 0 Å². The van der Waals surface area contributed by atoms with E-state index in [1.807, 2.05) is 44.2 Å². The predicted molar refractivity (Wildman–Crippen MR) is 92.4 cm³/mol. The Bertz CT molecular complexity index is 648. The van der Waals surface area contributed by atoms with Gasteiger partial charge >= 0.3 is 6.03 Å². The number of hydrogen-bond acceptors (Lipinski definition) is 1. The number of urea groups is 1. The highest BCUT2D eigenvalue weighted by molar-refractivity contribution is 5.90. The number of benzene rings is 2. The van der Waals surface area contributed by atoms with Gasteiger partial charge in [0.2, 0.25) is 0 Å². The maximum Gasteiger partial charge on any atom is 0.319 e. The summed E-state index contributed by atoms with van der Waals surface area (Å²) in [6.45, 7) is 8.86. The quantitative estimate of drug-likeness (QED) is 0.862. The molecule has 2 rings (SSSR count). The standard InChI is InChI=1S/C19H24N2O/c1-14-10-11-17(15(2)12-14)21-18(22)20-13-19(3,4)16-8-6-5-7-9-16/h5-12H,13H2,1-4H3,(H2,20,21,22). The van der Waals surface area contributed by atoms with Gasteiger partial charge in [-0.1, -0.05) is 61.9 Å².